The second kappa shape index (κ2) is 13.2. The third-order valence-corrected chi connectivity index (χ3v) is 12.5. The molecule has 59 heavy (non-hydrogen) atoms. The largest absolute Gasteiger partial charge is 0.456 e. The van der Waals surface area contributed by atoms with Gasteiger partial charge >= 0.3 is 0 Å². The van der Waals surface area contributed by atoms with Crippen LogP contribution < -0.4 is 9.64 Å². The van der Waals surface area contributed by atoms with E-state index in [9.17, 15) is 0 Å². The molecule has 0 bridgehead atoms. The highest BCUT2D eigenvalue weighted by atomic mass is 16.5. The first kappa shape index (κ1) is 33.5. The summed E-state index contributed by atoms with van der Waals surface area (Å²) in [4.78, 5) is 2.38. The molecule has 1 aliphatic heterocycles. The molecule has 2 aliphatic rings. The van der Waals surface area contributed by atoms with Crippen LogP contribution in [0.3, 0.4) is 0 Å². The van der Waals surface area contributed by atoms with Crippen LogP contribution in [0.25, 0.3) is 54.9 Å². The van der Waals surface area contributed by atoms with Crippen LogP contribution in [0.15, 0.2) is 224 Å². The molecule has 0 N–H and O–H groups in total. The topological polar surface area (TPSA) is 12.5 Å². The quantitative estimate of drug-likeness (QED) is 0.174. The van der Waals surface area contributed by atoms with Crippen molar-refractivity contribution < 1.29 is 4.74 Å². The van der Waals surface area contributed by atoms with Crippen LogP contribution in [0.1, 0.15) is 22.3 Å². The Balaban J connectivity index is 1.07. The van der Waals surface area contributed by atoms with Gasteiger partial charge in [-0.05, 0) is 97.7 Å². The third-order valence-electron chi connectivity index (χ3n) is 12.5. The summed E-state index contributed by atoms with van der Waals surface area (Å²) in [7, 11) is 0. The Bertz CT molecular complexity index is 3240. The lowest BCUT2D eigenvalue weighted by molar-refractivity contribution is 0.442. The number of nitrogens with zero attached hydrogens (tertiary/aromatic N) is 1. The van der Waals surface area contributed by atoms with Crippen molar-refractivity contribution in [3.63, 3.8) is 0 Å². The van der Waals surface area contributed by atoms with Gasteiger partial charge in [-0.15, -0.1) is 0 Å². The number of hydrogen-bond acceptors (Lipinski definition) is 2. The normalized spacial score (nSPS) is 14.6. The zero-order chi connectivity index (χ0) is 38.9. The predicted molar refractivity (Wildman–Crippen MR) is 244 cm³/mol. The van der Waals surface area contributed by atoms with Crippen molar-refractivity contribution in [1.29, 1.82) is 0 Å². The van der Waals surface area contributed by atoms with Gasteiger partial charge in [-0.2, -0.15) is 0 Å². The molecule has 1 aliphatic carbocycles. The second-order valence-corrected chi connectivity index (χ2v) is 15.6. The van der Waals surface area contributed by atoms with Crippen LogP contribution in [0.5, 0.6) is 11.5 Å². The molecule has 0 fully saturated rings. The standard InChI is InChI=1S/C57H37NO/c1-3-15-38(16-4-1)39-27-31-43(32-28-39)58(42-18-5-2-6-19-42)54-36-34-44(46-21-9-10-23-49(46)54)41-29-33-48-47-22-11-12-24-50(47)57(53(48)37-41)51-25-13-14-26-55(51)59-56-45-20-8-7-17-40(45)30-35-52(56)57/h1-37H. The molecule has 12 rings (SSSR count). The first-order chi connectivity index (χ1) is 29.3. The Morgan fingerprint density at radius 2 is 0.932 bits per heavy atom. The Kier molecular flexibility index (Phi) is 7.48. The highest BCUT2D eigenvalue weighted by molar-refractivity contribution is 6.07. The average Bonchev–Trinajstić information content (AvgIpc) is 3.60. The van der Waals surface area contributed by atoms with E-state index in [1.165, 1.54) is 71.8 Å². The van der Waals surface area contributed by atoms with Gasteiger partial charge in [-0.25, -0.2) is 0 Å². The lowest BCUT2D eigenvalue weighted by Crippen LogP contribution is -2.32. The number of para-hydroxylation sites is 2. The highest BCUT2D eigenvalue weighted by Crippen LogP contribution is 2.63. The smallest absolute Gasteiger partial charge is 0.140 e. The number of benzene rings is 10. The Morgan fingerprint density at radius 3 is 1.76 bits per heavy atom. The molecule has 0 amide bonds. The zero-order valence-corrected chi connectivity index (χ0v) is 32.2. The predicted octanol–water partition coefficient (Wildman–Crippen LogP) is 15.3. The van der Waals surface area contributed by atoms with Crippen LogP contribution in [-0.4, -0.2) is 0 Å². The van der Waals surface area contributed by atoms with Gasteiger partial charge in [-0.1, -0.05) is 182 Å². The van der Waals surface area contributed by atoms with Crippen molar-refractivity contribution in [3.8, 4) is 44.9 Å². The molecule has 0 aromatic heterocycles. The lowest BCUT2D eigenvalue weighted by atomic mass is 9.65. The first-order valence-corrected chi connectivity index (χ1v) is 20.3. The van der Waals surface area contributed by atoms with E-state index in [1.54, 1.807) is 0 Å². The van der Waals surface area contributed by atoms with Crippen LogP contribution in [0.4, 0.5) is 17.1 Å². The minimum absolute atomic E-state index is 0.568. The van der Waals surface area contributed by atoms with Crippen molar-refractivity contribution >= 4 is 38.6 Å². The van der Waals surface area contributed by atoms with E-state index < -0.39 is 5.41 Å². The molecule has 2 nitrogen and oxygen atoms in total. The van der Waals surface area contributed by atoms with Crippen LogP contribution in [0, 0.1) is 0 Å². The van der Waals surface area contributed by atoms with E-state index in [0.29, 0.717) is 0 Å². The molecule has 10 aromatic rings. The molecule has 0 radical (unpaired) electrons. The first-order valence-electron chi connectivity index (χ1n) is 20.3. The minimum Gasteiger partial charge on any atom is -0.456 e. The maximum atomic E-state index is 6.91. The third kappa shape index (κ3) is 5.00. The zero-order valence-electron chi connectivity index (χ0n) is 32.2. The van der Waals surface area contributed by atoms with Gasteiger partial charge < -0.3 is 9.64 Å². The minimum atomic E-state index is -0.568. The molecule has 2 heteroatoms. The molecule has 10 aromatic carbocycles. The van der Waals surface area contributed by atoms with E-state index in [2.05, 4.69) is 229 Å². The summed E-state index contributed by atoms with van der Waals surface area (Å²) in [6, 6.07) is 81.6. The van der Waals surface area contributed by atoms with Crippen LogP contribution in [-0.2, 0) is 5.41 Å². The Labute approximate surface area is 343 Å². The fourth-order valence-electron chi connectivity index (χ4n) is 9.96. The van der Waals surface area contributed by atoms with E-state index in [-0.39, 0.29) is 0 Å². The lowest BCUT2D eigenvalue weighted by Gasteiger charge is -2.40. The van der Waals surface area contributed by atoms with Crippen molar-refractivity contribution in [2.24, 2.45) is 0 Å². The molecule has 1 heterocycles. The molecule has 1 unspecified atom stereocenters. The molecule has 0 saturated heterocycles. The summed E-state index contributed by atoms with van der Waals surface area (Å²) < 4.78 is 6.91. The van der Waals surface area contributed by atoms with Gasteiger partial charge in [0, 0.05) is 33.3 Å². The summed E-state index contributed by atoms with van der Waals surface area (Å²) in [6.07, 6.45) is 0. The highest BCUT2D eigenvalue weighted by Gasteiger charge is 2.51. The summed E-state index contributed by atoms with van der Waals surface area (Å²) in [5, 5.41) is 4.69. The summed E-state index contributed by atoms with van der Waals surface area (Å²) in [5.41, 5.74) is 15.0. The van der Waals surface area contributed by atoms with Gasteiger partial charge in [0.05, 0.1) is 11.1 Å². The number of fused-ring (bicyclic) bond motifs is 12. The monoisotopic (exact) mass is 751 g/mol. The van der Waals surface area contributed by atoms with Crippen molar-refractivity contribution in [2.75, 3.05) is 4.90 Å². The number of ether oxygens (including phenoxy) is 1. The fourth-order valence-corrected chi connectivity index (χ4v) is 9.96. The van der Waals surface area contributed by atoms with E-state index in [4.69, 9.17) is 4.74 Å². The van der Waals surface area contributed by atoms with Gasteiger partial charge in [0.1, 0.15) is 11.5 Å². The van der Waals surface area contributed by atoms with Gasteiger partial charge in [0.2, 0.25) is 0 Å². The molecular weight excluding hydrogens is 715 g/mol. The molecule has 1 atom stereocenters. The number of anilines is 3. The van der Waals surface area contributed by atoms with Gasteiger partial charge in [-0.3, -0.25) is 0 Å². The van der Waals surface area contributed by atoms with E-state index in [1.807, 2.05) is 0 Å². The van der Waals surface area contributed by atoms with Crippen molar-refractivity contribution in [3.05, 3.63) is 247 Å². The summed E-state index contributed by atoms with van der Waals surface area (Å²) in [6.45, 7) is 0. The molecule has 276 valence electrons. The number of hydrogen-bond donors (Lipinski definition) is 0. The molecule has 0 saturated carbocycles. The molecule has 1 spiro atoms. The van der Waals surface area contributed by atoms with E-state index in [0.717, 1.165) is 33.9 Å². The van der Waals surface area contributed by atoms with E-state index >= 15 is 0 Å². The summed E-state index contributed by atoms with van der Waals surface area (Å²) in [5.74, 6) is 1.83. The maximum Gasteiger partial charge on any atom is 0.140 e. The van der Waals surface area contributed by atoms with Crippen molar-refractivity contribution in [1.82, 2.24) is 0 Å². The second-order valence-electron chi connectivity index (χ2n) is 15.6. The number of rotatable bonds is 5. The SMILES string of the molecule is c1ccc(-c2ccc(N(c3ccccc3)c3ccc(-c4ccc5c(c4)C4(c6ccccc6Oc6c4ccc4ccccc64)c4ccccc4-5)c4ccccc34)cc2)cc1. The summed E-state index contributed by atoms with van der Waals surface area (Å²) >= 11 is 0. The van der Waals surface area contributed by atoms with Crippen molar-refractivity contribution in [2.45, 2.75) is 5.41 Å². The van der Waals surface area contributed by atoms with Crippen LogP contribution >= 0.6 is 0 Å². The Hall–Kier alpha value is -7.68. The van der Waals surface area contributed by atoms with Crippen LogP contribution in [0.2, 0.25) is 0 Å². The maximum absolute atomic E-state index is 6.91. The van der Waals surface area contributed by atoms with Gasteiger partial charge in [0.15, 0.2) is 0 Å². The molecular formula is C57H37NO. The van der Waals surface area contributed by atoms with Gasteiger partial charge in [0.25, 0.3) is 0 Å². The Morgan fingerprint density at radius 1 is 0.339 bits per heavy atom. The average molecular weight is 752 g/mol. The fraction of sp³-hybridized carbons (Fsp3) is 0.0175.